The minimum absolute atomic E-state index is 0.211. The Morgan fingerprint density at radius 2 is 1.22 bits per heavy atom. The maximum absolute atomic E-state index is 12.8. The number of benzene rings is 4. The Hall–Kier alpha value is -4.81. The van der Waals surface area contributed by atoms with Crippen molar-refractivity contribution in [2.75, 3.05) is 47.6 Å². The summed E-state index contributed by atoms with van der Waals surface area (Å²) < 4.78 is 46.8. The molecule has 5 rings (SSSR count). The number of carbonyl (C=O) groups is 1. The first-order valence-electron chi connectivity index (χ1n) is 18.2. The van der Waals surface area contributed by atoms with Crippen LogP contribution in [0.3, 0.4) is 0 Å². The minimum Gasteiger partial charge on any atom is -0.497 e. The van der Waals surface area contributed by atoms with Crippen molar-refractivity contribution in [2.24, 2.45) is 0 Å². The normalized spacial score (nSPS) is 17.4. The lowest BCUT2D eigenvalue weighted by atomic mass is 9.85. The first kappa shape index (κ1) is 40.4. The third-order valence-corrected chi connectivity index (χ3v) is 8.82. The van der Waals surface area contributed by atoms with Crippen molar-refractivity contribution in [1.82, 2.24) is 5.06 Å². The van der Waals surface area contributed by atoms with Gasteiger partial charge in [0.15, 0.2) is 0 Å². The number of piperidine rings is 1. The summed E-state index contributed by atoms with van der Waals surface area (Å²) in [5.74, 6) is 2.89. The van der Waals surface area contributed by atoms with Crippen LogP contribution in [0.4, 0.5) is 4.79 Å². The van der Waals surface area contributed by atoms with Gasteiger partial charge in [-0.25, -0.2) is 4.79 Å². The number of rotatable bonds is 18. The van der Waals surface area contributed by atoms with Crippen LogP contribution in [0.15, 0.2) is 97.1 Å². The Morgan fingerprint density at radius 3 is 1.76 bits per heavy atom. The SMILES string of the molecule is COc1ccc(CO[C@H]2CN(OC(=O)OC(C)(C)C)C[C@@H](OCc3ccc(OC)cc3)C2c2ccc(OCCCOCc3ccccc3OC)cc2)cc1. The highest BCUT2D eigenvalue weighted by Crippen LogP contribution is 2.35. The fraction of sp³-hybridized carbons (Fsp3) is 0.419. The molecule has 290 valence electrons. The molecule has 11 nitrogen and oxygen atoms in total. The van der Waals surface area contributed by atoms with Gasteiger partial charge in [0.2, 0.25) is 0 Å². The van der Waals surface area contributed by atoms with Crippen LogP contribution < -0.4 is 18.9 Å². The van der Waals surface area contributed by atoms with Crippen molar-refractivity contribution in [3.63, 3.8) is 0 Å². The second-order valence-corrected chi connectivity index (χ2v) is 14.0. The second kappa shape index (κ2) is 20.0. The number of ether oxygens (including phenoxy) is 8. The van der Waals surface area contributed by atoms with Crippen molar-refractivity contribution in [3.8, 4) is 23.0 Å². The molecule has 1 heterocycles. The molecule has 1 aliphatic heterocycles. The van der Waals surface area contributed by atoms with E-state index in [1.54, 1.807) is 47.2 Å². The number of para-hydroxylation sites is 1. The molecular weight excluding hydrogens is 690 g/mol. The topological polar surface area (TPSA) is 103 Å². The fourth-order valence-electron chi connectivity index (χ4n) is 6.12. The van der Waals surface area contributed by atoms with Crippen LogP contribution in [-0.4, -0.2) is 76.7 Å². The van der Waals surface area contributed by atoms with E-state index in [0.29, 0.717) is 46.1 Å². The van der Waals surface area contributed by atoms with Gasteiger partial charge in [-0.3, -0.25) is 0 Å². The van der Waals surface area contributed by atoms with Gasteiger partial charge in [-0.1, -0.05) is 54.6 Å². The summed E-state index contributed by atoms with van der Waals surface area (Å²) >= 11 is 0. The highest BCUT2D eigenvalue weighted by Gasteiger charge is 2.41. The minimum atomic E-state index is -0.782. The number of hydroxylamine groups is 2. The number of methoxy groups -OCH3 is 3. The van der Waals surface area contributed by atoms with Crippen LogP contribution in [0, 0.1) is 0 Å². The van der Waals surface area contributed by atoms with Gasteiger partial charge < -0.3 is 42.7 Å². The van der Waals surface area contributed by atoms with E-state index >= 15 is 0 Å². The van der Waals surface area contributed by atoms with Crippen LogP contribution in [0.2, 0.25) is 0 Å². The van der Waals surface area contributed by atoms with E-state index in [2.05, 4.69) is 12.1 Å². The maximum Gasteiger partial charge on any atom is 0.528 e. The van der Waals surface area contributed by atoms with Gasteiger partial charge >= 0.3 is 6.16 Å². The summed E-state index contributed by atoms with van der Waals surface area (Å²) in [5, 5.41) is 1.58. The van der Waals surface area contributed by atoms with Crippen LogP contribution in [-0.2, 0) is 43.6 Å². The van der Waals surface area contributed by atoms with Gasteiger partial charge in [0.25, 0.3) is 0 Å². The molecule has 1 aliphatic rings. The summed E-state index contributed by atoms with van der Waals surface area (Å²) in [6.45, 7) is 8.20. The van der Waals surface area contributed by atoms with Gasteiger partial charge in [-0.15, -0.1) is 5.06 Å². The predicted octanol–water partition coefficient (Wildman–Crippen LogP) is 8.13. The smallest absolute Gasteiger partial charge is 0.497 e. The lowest BCUT2D eigenvalue weighted by Gasteiger charge is -2.42. The molecule has 1 saturated heterocycles. The van der Waals surface area contributed by atoms with E-state index in [1.165, 1.54) is 0 Å². The Labute approximate surface area is 318 Å². The van der Waals surface area contributed by atoms with Crippen molar-refractivity contribution < 1.29 is 47.5 Å². The highest BCUT2D eigenvalue weighted by molar-refractivity contribution is 5.60. The van der Waals surface area contributed by atoms with Gasteiger partial charge in [0, 0.05) is 17.9 Å². The van der Waals surface area contributed by atoms with E-state index in [-0.39, 0.29) is 5.92 Å². The van der Waals surface area contributed by atoms with E-state index < -0.39 is 24.0 Å². The van der Waals surface area contributed by atoms with Crippen molar-refractivity contribution in [1.29, 1.82) is 0 Å². The van der Waals surface area contributed by atoms with Crippen LogP contribution >= 0.6 is 0 Å². The monoisotopic (exact) mass is 743 g/mol. The van der Waals surface area contributed by atoms with E-state index in [1.807, 2.05) is 84.9 Å². The number of nitrogens with zero attached hydrogens (tertiary/aromatic N) is 1. The number of hydrogen-bond donors (Lipinski definition) is 0. The van der Waals surface area contributed by atoms with E-state index in [9.17, 15) is 4.79 Å². The second-order valence-electron chi connectivity index (χ2n) is 14.0. The molecule has 0 N–H and O–H groups in total. The van der Waals surface area contributed by atoms with Gasteiger partial charge in [-0.05, 0) is 79.9 Å². The van der Waals surface area contributed by atoms with Crippen LogP contribution in [0.25, 0.3) is 0 Å². The number of carbonyl (C=O) groups excluding carboxylic acids is 1. The molecule has 1 fully saturated rings. The lowest BCUT2D eigenvalue weighted by molar-refractivity contribution is -0.209. The third kappa shape index (κ3) is 12.4. The quantitative estimate of drug-likeness (QED) is 0.0729. The molecule has 3 atom stereocenters. The van der Waals surface area contributed by atoms with E-state index in [0.717, 1.165) is 51.7 Å². The first-order valence-corrected chi connectivity index (χ1v) is 18.2. The van der Waals surface area contributed by atoms with Crippen molar-refractivity contribution in [3.05, 3.63) is 119 Å². The summed E-state index contributed by atoms with van der Waals surface area (Å²) in [4.78, 5) is 18.6. The molecular formula is C43H53NO10. The summed E-state index contributed by atoms with van der Waals surface area (Å²) in [6, 6.07) is 31.4. The number of hydrogen-bond acceptors (Lipinski definition) is 11. The standard InChI is InChI=1S/C43H53NO10/c1-43(2,3)53-42(45)54-44-26-39(51-28-31-12-18-35(46-4)19-13-31)41(40(27-44)52-29-32-14-20-36(47-5)21-15-32)33-16-22-37(23-17-33)50-25-9-24-49-30-34-10-7-8-11-38(34)48-6/h7-8,10-23,39-41H,9,24-30H2,1-6H3/t39-,40+,41?. The molecule has 4 aromatic carbocycles. The zero-order valence-corrected chi connectivity index (χ0v) is 32.2. The van der Waals surface area contributed by atoms with Gasteiger partial charge in [0.05, 0.1) is 79.7 Å². The summed E-state index contributed by atoms with van der Waals surface area (Å²) in [7, 11) is 4.94. The summed E-state index contributed by atoms with van der Waals surface area (Å²) in [5.41, 5.74) is 3.27. The zero-order valence-electron chi connectivity index (χ0n) is 32.2. The molecule has 0 radical (unpaired) electrons. The predicted molar refractivity (Wildman–Crippen MR) is 204 cm³/mol. The Kier molecular flexibility index (Phi) is 15.0. The van der Waals surface area contributed by atoms with E-state index in [4.69, 9.17) is 42.7 Å². The molecule has 0 saturated carbocycles. The third-order valence-electron chi connectivity index (χ3n) is 8.82. The van der Waals surface area contributed by atoms with Crippen molar-refractivity contribution in [2.45, 2.75) is 70.7 Å². The maximum atomic E-state index is 12.8. The average molecular weight is 744 g/mol. The van der Waals surface area contributed by atoms with Gasteiger partial charge in [0.1, 0.15) is 28.6 Å². The molecule has 0 aromatic heterocycles. The molecule has 0 aliphatic carbocycles. The van der Waals surface area contributed by atoms with Crippen molar-refractivity contribution >= 4 is 6.16 Å². The largest absolute Gasteiger partial charge is 0.528 e. The van der Waals surface area contributed by atoms with Gasteiger partial charge in [-0.2, -0.15) is 0 Å². The fourth-order valence-corrected chi connectivity index (χ4v) is 6.12. The van der Waals surface area contributed by atoms with Crippen LogP contribution in [0.5, 0.6) is 23.0 Å². The molecule has 54 heavy (non-hydrogen) atoms. The zero-order chi connectivity index (χ0) is 38.3. The summed E-state index contributed by atoms with van der Waals surface area (Å²) in [6.07, 6.45) is -0.890. The Bertz CT molecular complexity index is 1640. The molecule has 0 amide bonds. The average Bonchev–Trinajstić information content (AvgIpc) is 3.17. The Morgan fingerprint density at radius 1 is 0.667 bits per heavy atom. The molecule has 0 spiro atoms. The van der Waals surface area contributed by atoms with Crippen LogP contribution in [0.1, 0.15) is 55.4 Å². The molecule has 0 bridgehead atoms. The Balaban J connectivity index is 1.29. The lowest BCUT2D eigenvalue weighted by Crippen LogP contribution is -2.53. The molecule has 1 unspecified atom stereocenters. The first-order chi connectivity index (χ1) is 26.1. The highest BCUT2D eigenvalue weighted by atomic mass is 16.8. The molecule has 4 aromatic rings. The molecule has 11 heteroatoms.